The van der Waals surface area contributed by atoms with E-state index in [1.165, 1.54) is 5.56 Å². The monoisotopic (exact) mass is 292 g/mol. The number of aliphatic hydroxyl groups excluding tert-OH is 1. The highest BCUT2D eigenvalue weighted by atomic mass is 16.5. The quantitative estimate of drug-likeness (QED) is 0.747. The zero-order chi connectivity index (χ0) is 15.4. The summed E-state index contributed by atoms with van der Waals surface area (Å²) in [5.41, 5.74) is 3.26. The molecule has 1 aromatic rings. The van der Waals surface area contributed by atoms with Crippen molar-refractivity contribution >= 4 is 5.91 Å². The summed E-state index contributed by atoms with van der Waals surface area (Å²) in [4.78, 5) is 11.8. The van der Waals surface area contributed by atoms with Crippen molar-refractivity contribution in [1.82, 2.24) is 10.6 Å². The molecule has 21 heavy (non-hydrogen) atoms. The molecule has 3 N–H and O–H groups in total. The largest absolute Gasteiger partial charge is 0.483 e. The van der Waals surface area contributed by atoms with Gasteiger partial charge in [0.2, 0.25) is 0 Å². The van der Waals surface area contributed by atoms with Gasteiger partial charge in [0, 0.05) is 25.6 Å². The van der Waals surface area contributed by atoms with Crippen LogP contribution in [0.2, 0.25) is 0 Å². The molecule has 1 aromatic carbocycles. The van der Waals surface area contributed by atoms with Gasteiger partial charge in [-0.25, -0.2) is 0 Å². The van der Waals surface area contributed by atoms with Crippen LogP contribution in [0.5, 0.6) is 5.75 Å². The molecule has 2 rings (SSSR count). The Balaban J connectivity index is 1.81. The van der Waals surface area contributed by atoms with Crippen LogP contribution in [0, 0.1) is 26.7 Å². The molecule has 1 fully saturated rings. The Morgan fingerprint density at radius 3 is 2.57 bits per heavy atom. The van der Waals surface area contributed by atoms with Crippen LogP contribution in [0.25, 0.3) is 0 Å². The molecule has 2 atom stereocenters. The van der Waals surface area contributed by atoms with E-state index in [-0.39, 0.29) is 24.5 Å². The molecule has 1 saturated heterocycles. The molecule has 1 aliphatic rings. The van der Waals surface area contributed by atoms with E-state index in [4.69, 9.17) is 4.74 Å². The maximum absolute atomic E-state index is 11.8. The molecule has 5 nitrogen and oxygen atoms in total. The fourth-order valence-electron chi connectivity index (χ4n) is 2.76. The number of carbonyl (C=O) groups is 1. The Labute approximate surface area is 125 Å². The van der Waals surface area contributed by atoms with Gasteiger partial charge in [0.15, 0.2) is 6.61 Å². The van der Waals surface area contributed by atoms with Crippen LogP contribution in [-0.2, 0) is 4.79 Å². The van der Waals surface area contributed by atoms with E-state index in [1.54, 1.807) is 0 Å². The second-order valence-electron chi connectivity index (χ2n) is 5.81. The number of rotatable bonds is 5. The lowest BCUT2D eigenvalue weighted by Crippen LogP contribution is -2.36. The summed E-state index contributed by atoms with van der Waals surface area (Å²) < 4.78 is 5.64. The normalized spacial score (nSPS) is 21.3. The molecule has 0 bridgehead atoms. The minimum atomic E-state index is -0.382. The lowest BCUT2D eigenvalue weighted by Gasteiger charge is -2.16. The van der Waals surface area contributed by atoms with Crippen molar-refractivity contribution in [3.8, 4) is 5.75 Å². The van der Waals surface area contributed by atoms with Crippen molar-refractivity contribution in [2.75, 3.05) is 26.2 Å². The summed E-state index contributed by atoms with van der Waals surface area (Å²) in [6.07, 6.45) is -0.382. The molecule has 1 aliphatic heterocycles. The van der Waals surface area contributed by atoms with Gasteiger partial charge in [-0.2, -0.15) is 0 Å². The van der Waals surface area contributed by atoms with Crippen LogP contribution in [-0.4, -0.2) is 43.4 Å². The number of carbonyl (C=O) groups excluding carboxylic acids is 1. The minimum absolute atomic E-state index is 0.000977. The molecular formula is C16H24N2O3. The highest BCUT2D eigenvalue weighted by molar-refractivity contribution is 5.77. The number of benzene rings is 1. The summed E-state index contributed by atoms with van der Waals surface area (Å²) in [6, 6.07) is 4.08. The Hall–Kier alpha value is -1.59. The zero-order valence-electron chi connectivity index (χ0n) is 12.9. The fourth-order valence-corrected chi connectivity index (χ4v) is 2.76. The molecule has 0 aromatic heterocycles. The molecule has 0 saturated carbocycles. The molecule has 1 heterocycles. The molecule has 1 amide bonds. The van der Waals surface area contributed by atoms with Crippen molar-refractivity contribution < 1.29 is 14.6 Å². The number of amides is 1. The third-order valence-electron chi connectivity index (χ3n) is 3.82. The first-order valence-corrected chi connectivity index (χ1v) is 7.33. The highest BCUT2D eigenvalue weighted by Gasteiger charge is 2.25. The van der Waals surface area contributed by atoms with Crippen LogP contribution in [0.4, 0.5) is 0 Å². The molecule has 116 valence electrons. The average Bonchev–Trinajstić information content (AvgIpc) is 2.80. The van der Waals surface area contributed by atoms with Gasteiger partial charge in [0.05, 0.1) is 6.10 Å². The summed E-state index contributed by atoms with van der Waals surface area (Å²) in [6.45, 7) is 7.81. The Morgan fingerprint density at radius 1 is 1.33 bits per heavy atom. The standard InChI is InChI=1S/C16H24N2O3/c1-10-4-11(2)16(12(3)5-10)21-9-15(20)18-7-13-6-17-8-14(13)19/h4-5,13-14,17,19H,6-9H2,1-3H3,(H,18,20). The van der Waals surface area contributed by atoms with E-state index in [0.717, 1.165) is 23.4 Å². The summed E-state index contributed by atoms with van der Waals surface area (Å²) >= 11 is 0. The lowest BCUT2D eigenvalue weighted by atomic mass is 10.1. The SMILES string of the molecule is Cc1cc(C)c(OCC(=O)NCC2CNCC2O)c(C)c1. The summed E-state index contributed by atoms with van der Waals surface area (Å²) in [5.74, 6) is 0.698. The fraction of sp³-hybridized carbons (Fsp3) is 0.562. The number of hydrogen-bond donors (Lipinski definition) is 3. The van der Waals surface area contributed by atoms with Gasteiger partial charge >= 0.3 is 0 Å². The Kier molecular flexibility index (Phi) is 5.20. The molecule has 0 radical (unpaired) electrons. The second-order valence-corrected chi connectivity index (χ2v) is 5.81. The predicted molar refractivity (Wildman–Crippen MR) is 81.5 cm³/mol. The van der Waals surface area contributed by atoms with Crippen LogP contribution in [0.1, 0.15) is 16.7 Å². The minimum Gasteiger partial charge on any atom is -0.483 e. The molecule has 0 aliphatic carbocycles. The Morgan fingerprint density at radius 2 is 2.00 bits per heavy atom. The summed E-state index contributed by atoms with van der Waals surface area (Å²) in [7, 11) is 0. The number of ether oxygens (including phenoxy) is 1. The van der Waals surface area contributed by atoms with Crippen LogP contribution >= 0.6 is 0 Å². The zero-order valence-corrected chi connectivity index (χ0v) is 12.9. The van der Waals surface area contributed by atoms with E-state index in [1.807, 2.05) is 32.9 Å². The molecule has 0 spiro atoms. The second kappa shape index (κ2) is 6.91. The third-order valence-corrected chi connectivity index (χ3v) is 3.82. The first-order chi connectivity index (χ1) is 9.97. The first kappa shape index (κ1) is 15.8. The predicted octanol–water partition coefficient (Wildman–Crippen LogP) is 0.687. The maximum Gasteiger partial charge on any atom is 0.257 e. The first-order valence-electron chi connectivity index (χ1n) is 7.33. The third kappa shape index (κ3) is 4.19. The smallest absolute Gasteiger partial charge is 0.257 e. The lowest BCUT2D eigenvalue weighted by molar-refractivity contribution is -0.123. The van der Waals surface area contributed by atoms with Gasteiger partial charge in [0.1, 0.15) is 5.75 Å². The molecular weight excluding hydrogens is 268 g/mol. The average molecular weight is 292 g/mol. The molecule has 2 unspecified atom stereocenters. The topological polar surface area (TPSA) is 70.6 Å². The van der Waals surface area contributed by atoms with E-state index >= 15 is 0 Å². The van der Waals surface area contributed by atoms with Crippen LogP contribution in [0.3, 0.4) is 0 Å². The number of aryl methyl sites for hydroxylation is 3. The van der Waals surface area contributed by atoms with Gasteiger partial charge in [-0.15, -0.1) is 0 Å². The van der Waals surface area contributed by atoms with Gasteiger partial charge in [-0.05, 0) is 31.9 Å². The Bertz CT molecular complexity index is 493. The van der Waals surface area contributed by atoms with Gasteiger partial charge in [-0.1, -0.05) is 17.7 Å². The molecule has 5 heteroatoms. The van der Waals surface area contributed by atoms with Crippen molar-refractivity contribution in [3.63, 3.8) is 0 Å². The van der Waals surface area contributed by atoms with Crippen molar-refractivity contribution in [2.24, 2.45) is 5.92 Å². The number of β-amino-alcohol motifs (C(OH)–C–C–N with tert-alkyl or cyclic N) is 1. The number of nitrogens with one attached hydrogen (secondary N) is 2. The van der Waals surface area contributed by atoms with E-state index < -0.39 is 0 Å². The maximum atomic E-state index is 11.8. The summed E-state index contributed by atoms with van der Waals surface area (Å²) in [5, 5.41) is 15.6. The van der Waals surface area contributed by atoms with Gasteiger partial charge in [0.25, 0.3) is 5.91 Å². The van der Waals surface area contributed by atoms with Crippen molar-refractivity contribution in [1.29, 1.82) is 0 Å². The van der Waals surface area contributed by atoms with Crippen molar-refractivity contribution in [2.45, 2.75) is 26.9 Å². The van der Waals surface area contributed by atoms with Crippen LogP contribution in [0.15, 0.2) is 12.1 Å². The highest BCUT2D eigenvalue weighted by Crippen LogP contribution is 2.24. The van der Waals surface area contributed by atoms with Crippen LogP contribution < -0.4 is 15.4 Å². The van der Waals surface area contributed by atoms with E-state index in [0.29, 0.717) is 13.1 Å². The van der Waals surface area contributed by atoms with E-state index in [2.05, 4.69) is 10.6 Å². The van der Waals surface area contributed by atoms with Crippen molar-refractivity contribution in [3.05, 3.63) is 28.8 Å². The van der Waals surface area contributed by atoms with Gasteiger partial charge in [-0.3, -0.25) is 4.79 Å². The number of hydrogen-bond acceptors (Lipinski definition) is 4. The number of aliphatic hydroxyl groups is 1. The van der Waals surface area contributed by atoms with Gasteiger partial charge < -0.3 is 20.5 Å². The van der Waals surface area contributed by atoms with E-state index in [9.17, 15) is 9.90 Å².